The van der Waals surface area contributed by atoms with Crippen LogP contribution in [0, 0.1) is 0 Å². The molecule has 116 valence electrons. The quantitative estimate of drug-likeness (QED) is 0.868. The summed E-state index contributed by atoms with van der Waals surface area (Å²) >= 11 is 0. The zero-order valence-electron chi connectivity index (χ0n) is 13.4. The molecule has 0 aromatic heterocycles. The lowest BCUT2D eigenvalue weighted by Crippen LogP contribution is -2.55. The Kier molecular flexibility index (Phi) is 5.76. The van der Waals surface area contributed by atoms with Crippen molar-refractivity contribution < 1.29 is 14.3 Å². The summed E-state index contributed by atoms with van der Waals surface area (Å²) in [6.45, 7) is 7.57. The van der Waals surface area contributed by atoms with E-state index in [0.29, 0.717) is 17.7 Å². The van der Waals surface area contributed by atoms with Gasteiger partial charge in [0.15, 0.2) is 0 Å². The van der Waals surface area contributed by atoms with Crippen molar-refractivity contribution in [3.8, 4) is 5.75 Å². The summed E-state index contributed by atoms with van der Waals surface area (Å²) in [7, 11) is 1.51. The predicted molar refractivity (Wildman–Crippen MR) is 82.0 cm³/mol. The lowest BCUT2D eigenvalue weighted by molar-refractivity contribution is -0.139. The van der Waals surface area contributed by atoms with Crippen LogP contribution in [0.25, 0.3) is 0 Å². The fraction of sp³-hybridized carbons (Fsp3) is 0.500. The van der Waals surface area contributed by atoms with Crippen LogP contribution >= 0.6 is 0 Å². The van der Waals surface area contributed by atoms with E-state index in [1.54, 1.807) is 24.3 Å². The van der Waals surface area contributed by atoms with Gasteiger partial charge in [-0.2, -0.15) is 0 Å². The van der Waals surface area contributed by atoms with E-state index in [-0.39, 0.29) is 11.8 Å². The van der Waals surface area contributed by atoms with Gasteiger partial charge in [-0.25, -0.2) is 5.01 Å². The van der Waals surface area contributed by atoms with Gasteiger partial charge in [0, 0.05) is 6.42 Å². The molecule has 0 fully saturated rings. The normalized spacial score (nSPS) is 10.9. The molecule has 0 saturated carbocycles. The van der Waals surface area contributed by atoms with Gasteiger partial charge in [-0.1, -0.05) is 19.1 Å². The van der Waals surface area contributed by atoms with Crippen LogP contribution < -0.4 is 10.2 Å². The van der Waals surface area contributed by atoms with Crippen LogP contribution in [0.15, 0.2) is 24.3 Å². The number of nitrogens with one attached hydrogen (secondary N) is 1. The van der Waals surface area contributed by atoms with Gasteiger partial charge in [0.25, 0.3) is 5.91 Å². The topological polar surface area (TPSA) is 58.6 Å². The third-order valence-corrected chi connectivity index (χ3v) is 2.95. The maximum absolute atomic E-state index is 12.4. The number of carbonyl (C=O) groups excluding carboxylic acids is 2. The first-order valence-electron chi connectivity index (χ1n) is 7.08. The number of ether oxygens (including phenoxy) is 1. The molecule has 0 aliphatic rings. The van der Waals surface area contributed by atoms with Crippen molar-refractivity contribution >= 4 is 11.8 Å². The Hall–Kier alpha value is -2.04. The van der Waals surface area contributed by atoms with E-state index in [4.69, 9.17) is 4.74 Å². The highest BCUT2D eigenvalue weighted by Crippen LogP contribution is 2.19. The molecule has 0 radical (unpaired) electrons. The molecule has 0 unspecified atom stereocenters. The first-order valence-corrected chi connectivity index (χ1v) is 7.08. The van der Waals surface area contributed by atoms with Gasteiger partial charge >= 0.3 is 0 Å². The molecule has 0 aliphatic carbocycles. The number of carbonyl (C=O) groups is 2. The molecule has 21 heavy (non-hydrogen) atoms. The number of methoxy groups -OCH3 is 1. The minimum absolute atomic E-state index is 0.103. The van der Waals surface area contributed by atoms with E-state index < -0.39 is 5.54 Å². The first kappa shape index (κ1) is 17.0. The second kappa shape index (κ2) is 7.11. The fourth-order valence-electron chi connectivity index (χ4n) is 1.92. The molecule has 5 nitrogen and oxygen atoms in total. The van der Waals surface area contributed by atoms with Crippen LogP contribution in [0.2, 0.25) is 0 Å². The third kappa shape index (κ3) is 4.48. The molecule has 5 heteroatoms. The highest BCUT2D eigenvalue weighted by molar-refractivity contribution is 5.97. The van der Waals surface area contributed by atoms with Crippen molar-refractivity contribution in [1.29, 1.82) is 0 Å². The van der Waals surface area contributed by atoms with Crippen LogP contribution in [-0.2, 0) is 4.79 Å². The molecule has 0 heterocycles. The Morgan fingerprint density at radius 1 is 1.24 bits per heavy atom. The minimum atomic E-state index is -0.496. The Labute approximate surface area is 126 Å². The number of hydrazine groups is 1. The van der Waals surface area contributed by atoms with Crippen molar-refractivity contribution in [2.75, 3.05) is 7.11 Å². The summed E-state index contributed by atoms with van der Waals surface area (Å²) in [4.78, 5) is 24.6. The van der Waals surface area contributed by atoms with E-state index in [1.165, 1.54) is 12.1 Å². The van der Waals surface area contributed by atoms with Gasteiger partial charge in [0.2, 0.25) is 5.91 Å². The molecule has 0 saturated heterocycles. The van der Waals surface area contributed by atoms with Crippen molar-refractivity contribution in [2.24, 2.45) is 0 Å². The Morgan fingerprint density at radius 2 is 1.86 bits per heavy atom. The summed E-state index contributed by atoms with van der Waals surface area (Å²) in [5.41, 5.74) is 2.60. The SMILES string of the molecule is CCCC(=O)N(NC(=O)c1ccccc1OC)C(C)(C)C. The molecule has 1 N–H and O–H groups in total. The third-order valence-electron chi connectivity index (χ3n) is 2.95. The van der Waals surface area contributed by atoms with Gasteiger partial charge in [-0.15, -0.1) is 0 Å². The number of hydrogen-bond donors (Lipinski definition) is 1. The molecule has 0 aliphatic heterocycles. The van der Waals surface area contributed by atoms with E-state index in [0.717, 1.165) is 6.42 Å². The summed E-state index contributed by atoms with van der Waals surface area (Å²) in [5.74, 6) is 0.0203. The first-order chi connectivity index (χ1) is 9.81. The predicted octanol–water partition coefficient (Wildman–Crippen LogP) is 2.77. The zero-order valence-corrected chi connectivity index (χ0v) is 13.4. The lowest BCUT2D eigenvalue weighted by Gasteiger charge is -2.35. The molecule has 1 rings (SSSR count). The average molecular weight is 292 g/mol. The maximum Gasteiger partial charge on any atom is 0.273 e. The molecular weight excluding hydrogens is 268 g/mol. The lowest BCUT2D eigenvalue weighted by atomic mass is 10.1. The number of rotatable bonds is 4. The van der Waals surface area contributed by atoms with E-state index in [9.17, 15) is 9.59 Å². The Balaban J connectivity index is 2.98. The maximum atomic E-state index is 12.4. The van der Waals surface area contributed by atoms with Crippen molar-refractivity contribution in [3.05, 3.63) is 29.8 Å². The highest BCUT2D eigenvalue weighted by atomic mass is 16.5. The van der Waals surface area contributed by atoms with Crippen molar-refractivity contribution in [1.82, 2.24) is 10.4 Å². The largest absolute Gasteiger partial charge is 0.496 e. The van der Waals surface area contributed by atoms with Crippen LogP contribution in [0.5, 0.6) is 5.75 Å². The monoisotopic (exact) mass is 292 g/mol. The van der Waals surface area contributed by atoms with Gasteiger partial charge in [-0.05, 0) is 39.3 Å². The Bertz CT molecular complexity index is 506. The molecule has 0 spiro atoms. The van der Waals surface area contributed by atoms with Crippen molar-refractivity contribution in [3.63, 3.8) is 0 Å². The number of amides is 2. The standard InChI is InChI=1S/C16H24N2O3/c1-6-9-14(19)18(16(2,3)4)17-15(20)12-10-7-8-11-13(12)21-5/h7-8,10-11H,6,9H2,1-5H3,(H,17,20). The minimum Gasteiger partial charge on any atom is -0.496 e. The average Bonchev–Trinajstić information content (AvgIpc) is 2.43. The number of hydrogen-bond acceptors (Lipinski definition) is 3. The number of nitrogens with zero attached hydrogens (tertiary/aromatic N) is 1. The molecular formula is C16H24N2O3. The smallest absolute Gasteiger partial charge is 0.273 e. The molecule has 0 atom stereocenters. The van der Waals surface area contributed by atoms with Gasteiger partial charge < -0.3 is 4.74 Å². The van der Waals surface area contributed by atoms with Crippen LogP contribution in [0.4, 0.5) is 0 Å². The fourth-order valence-corrected chi connectivity index (χ4v) is 1.92. The Morgan fingerprint density at radius 3 is 2.38 bits per heavy atom. The molecule has 1 aromatic carbocycles. The summed E-state index contributed by atoms with van der Waals surface area (Å²) in [6, 6.07) is 6.93. The van der Waals surface area contributed by atoms with Gasteiger partial charge in [-0.3, -0.25) is 15.0 Å². The zero-order chi connectivity index (χ0) is 16.0. The second-order valence-corrected chi connectivity index (χ2v) is 5.79. The molecule has 1 aromatic rings. The second-order valence-electron chi connectivity index (χ2n) is 5.79. The summed E-state index contributed by atoms with van der Waals surface area (Å²) in [6.07, 6.45) is 1.12. The molecule has 2 amide bonds. The van der Waals surface area contributed by atoms with E-state index >= 15 is 0 Å². The number of benzene rings is 1. The summed E-state index contributed by atoms with van der Waals surface area (Å²) < 4.78 is 5.18. The highest BCUT2D eigenvalue weighted by Gasteiger charge is 2.28. The number of para-hydroxylation sites is 1. The van der Waals surface area contributed by atoms with Gasteiger partial charge in [0.05, 0.1) is 18.2 Å². The van der Waals surface area contributed by atoms with Crippen LogP contribution in [-0.4, -0.2) is 29.5 Å². The van der Waals surface area contributed by atoms with Gasteiger partial charge in [0.1, 0.15) is 5.75 Å². The van der Waals surface area contributed by atoms with Crippen LogP contribution in [0.1, 0.15) is 50.9 Å². The molecule has 0 bridgehead atoms. The van der Waals surface area contributed by atoms with Crippen molar-refractivity contribution in [2.45, 2.75) is 46.1 Å². The van der Waals surface area contributed by atoms with Crippen LogP contribution in [0.3, 0.4) is 0 Å². The summed E-state index contributed by atoms with van der Waals surface area (Å²) in [5, 5.41) is 1.39. The van der Waals surface area contributed by atoms with E-state index in [1.807, 2.05) is 27.7 Å². The van der Waals surface area contributed by atoms with E-state index in [2.05, 4.69) is 5.43 Å².